The number of urea groups is 1. The van der Waals surface area contributed by atoms with Gasteiger partial charge in [0.15, 0.2) is 0 Å². The topological polar surface area (TPSA) is 46.3 Å². The molecule has 0 bridgehead atoms. The van der Waals surface area contributed by atoms with E-state index >= 15 is 0 Å². The van der Waals surface area contributed by atoms with Crippen molar-refractivity contribution in [3.63, 3.8) is 0 Å². The number of fused-ring (bicyclic) bond motifs is 1. The van der Waals surface area contributed by atoms with Crippen molar-refractivity contribution in [2.24, 2.45) is 5.73 Å². The van der Waals surface area contributed by atoms with E-state index in [0.29, 0.717) is 6.54 Å². The first-order chi connectivity index (χ1) is 10.3. The van der Waals surface area contributed by atoms with Gasteiger partial charge in [-0.1, -0.05) is 66.7 Å². The fourth-order valence-corrected chi connectivity index (χ4v) is 2.49. The first-order valence-electron chi connectivity index (χ1n) is 6.84. The fourth-order valence-electron chi connectivity index (χ4n) is 2.49. The van der Waals surface area contributed by atoms with Gasteiger partial charge >= 0.3 is 6.03 Å². The average molecular weight is 276 g/mol. The number of rotatable bonds is 3. The van der Waals surface area contributed by atoms with Crippen LogP contribution < -0.4 is 10.6 Å². The lowest BCUT2D eigenvalue weighted by Gasteiger charge is -2.22. The van der Waals surface area contributed by atoms with Crippen molar-refractivity contribution in [3.05, 3.63) is 78.4 Å². The third kappa shape index (κ3) is 2.72. The van der Waals surface area contributed by atoms with Crippen LogP contribution in [0.3, 0.4) is 0 Å². The molecule has 0 saturated carbocycles. The van der Waals surface area contributed by atoms with Gasteiger partial charge in [-0.15, -0.1) is 0 Å². The summed E-state index contributed by atoms with van der Waals surface area (Å²) in [5.74, 6) is 0. The first-order valence-corrected chi connectivity index (χ1v) is 6.84. The Morgan fingerprint density at radius 3 is 2.29 bits per heavy atom. The third-order valence-electron chi connectivity index (χ3n) is 3.51. The van der Waals surface area contributed by atoms with Crippen LogP contribution in [0, 0.1) is 0 Å². The van der Waals surface area contributed by atoms with Gasteiger partial charge < -0.3 is 5.73 Å². The minimum atomic E-state index is -0.449. The number of anilines is 1. The second kappa shape index (κ2) is 5.67. The fraction of sp³-hybridized carbons (Fsp3) is 0.0556. The Morgan fingerprint density at radius 2 is 1.52 bits per heavy atom. The Kier molecular flexibility index (Phi) is 3.56. The molecule has 0 heterocycles. The van der Waals surface area contributed by atoms with Crippen molar-refractivity contribution in [3.8, 4) is 0 Å². The van der Waals surface area contributed by atoms with Crippen LogP contribution in [-0.2, 0) is 6.54 Å². The van der Waals surface area contributed by atoms with E-state index in [9.17, 15) is 4.79 Å². The molecule has 3 aromatic carbocycles. The highest BCUT2D eigenvalue weighted by molar-refractivity contribution is 6.02. The Morgan fingerprint density at radius 1 is 0.857 bits per heavy atom. The predicted octanol–water partition coefficient (Wildman–Crippen LogP) is 3.93. The van der Waals surface area contributed by atoms with Crippen LogP contribution in [0.2, 0.25) is 0 Å². The molecule has 0 saturated heterocycles. The zero-order chi connectivity index (χ0) is 14.7. The van der Waals surface area contributed by atoms with Crippen molar-refractivity contribution >= 4 is 22.5 Å². The van der Waals surface area contributed by atoms with Gasteiger partial charge in [0.25, 0.3) is 0 Å². The summed E-state index contributed by atoms with van der Waals surface area (Å²) in [6.07, 6.45) is 0. The molecule has 2 N–H and O–H groups in total. The number of nitrogens with zero attached hydrogens (tertiary/aromatic N) is 1. The average Bonchev–Trinajstić information content (AvgIpc) is 2.53. The minimum absolute atomic E-state index is 0.449. The number of hydrogen-bond donors (Lipinski definition) is 1. The van der Waals surface area contributed by atoms with Crippen LogP contribution in [0.1, 0.15) is 5.56 Å². The maximum absolute atomic E-state index is 11.9. The van der Waals surface area contributed by atoms with E-state index in [1.165, 1.54) is 0 Å². The molecule has 3 rings (SSSR count). The lowest BCUT2D eigenvalue weighted by atomic mass is 10.1. The van der Waals surface area contributed by atoms with Crippen molar-refractivity contribution < 1.29 is 4.79 Å². The summed E-state index contributed by atoms with van der Waals surface area (Å²) in [5.41, 5.74) is 7.48. The molecule has 0 atom stereocenters. The first kappa shape index (κ1) is 13.2. The van der Waals surface area contributed by atoms with E-state index in [-0.39, 0.29) is 0 Å². The largest absolute Gasteiger partial charge is 0.351 e. The van der Waals surface area contributed by atoms with Gasteiger partial charge in [0.05, 0.1) is 12.2 Å². The van der Waals surface area contributed by atoms with Crippen molar-refractivity contribution in [1.29, 1.82) is 0 Å². The molecular formula is C18H16N2O. The summed E-state index contributed by atoms with van der Waals surface area (Å²) in [7, 11) is 0. The van der Waals surface area contributed by atoms with E-state index in [1.807, 2.05) is 72.8 Å². The number of nitrogens with two attached hydrogens (primary N) is 1. The molecule has 0 radical (unpaired) electrons. The summed E-state index contributed by atoms with van der Waals surface area (Å²) in [5, 5.41) is 2.11. The molecule has 0 fully saturated rings. The predicted molar refractivity (Wildman–Crippen MR) is 86.2 cm³/mol. The number of primary amides is 1. The van der Waals surface area contributed by atoms with Gasteiger partial charge in [-0.2, -0.15) is 0 Å². The van der Waals surface area contributed by atoms with E-state index in [0.717, 1.165) is 22.0 Å². The number of benzene rings is 3. The molecular weight excluding hydrogens is 260 g/mol. The zero-order valence-corrected chi connectivity index (χ0v) is 11.6. The highest BCUT2D eigenvalue weighted by Crippen LogP contribution is 2.27. The highest BCUT2D eigenvalue weighted by Gasteiger charge is 2.15. The van der Waals surface area contributed by atoms with Crippen molar-refractivity contribution in [2.45, 2.75) is 6.54 Å². The van der Waals surface area contributed by atoms with Crippen LogP contribution in [0.5, 0.6) is 0 Å². The van der Waals surface area contributed by atoms with Crippen molar-refractivity contribution in [2.75, 3.05) is 4.90 Å². The zero-order valence-electron chi connectivity index (χ0n) is 11.6. The lowest BCUT2D eigenvalue weighted by Crippen LogP contribution is -2.35. The van der Waals surface area contributed by atoms with Crippen LogP contribution >= 0.6 is 0 Å². The summed E-state index contributed by atoms with van der Waals surface area (Å²) in [4.78, 5) is 13.5. The van der Waals surface area contributed by atoms with Crippen LogP contribution in [0.15, 0.2) is 72.8 Å². The molecule has 3 heteroatoms. The van der Waals surface area contributed by atoms with Crippen LogP contribution in [0.4, 0.5) is 10.5 Å². The molecule has 0 aliphatic carbocycles. The maximum Gasteiger partial charge on any atom is 0.319 e. The van der Waals surface area contributed by atoms with Gasteiger partial charge in [-0.05, 0) is 17.0 Å². The minimum Gasteiger partial charge on any atom is -0.351 e. The Labute approximate surface area is 123 Å². The summed E-state index contributed by atoms with van der Waals surface area (Å²) >= 11 is 0. The quantitative estimate of drug-likeness (QED) is 0.774. The summed E-state index contributed by atoms with van der Waals surface area (Å²) in [6, 6.07) is 23.3. The lowest BCUT2D eigenvalue weighted by molar-refractivity contribution is 0.253. The molecule has 0 unspecified atom stereocenters. The van der Waals surface area contributed by atoms with Gasteiger partial charge in [0, 0.05) is 5.39 Å². The Hall–Kier alpha value is -2.81. The molecule has 3 nitrogen and oxygen atoms in total. The highest BCUT2D eigenvalue weighted by atomic mass is 16.2. The molecule has 0 aliphatic rings. The van der Waals surface area contributed by atoms with E-state index in [1.54, 1.807) is 4.90 Å². The molecule has 104 valence electrons. The second-order valence-electron chi connectivity index (χ2n) is 4.91. The molecule has 2 amide bonds. The van der Waals surface area contributed by atoms with Gasteiger partial charge in [-0.3, -0.25) is 4.90 Å². The van der Waals surface area contributed by atoms with Crippen molar-refractivity contribution in [1.82, 2.24) is 0 Å². The number of hydrogen-bond acceptors (Lipinski definition) is 1. The standard InChI is InChI=1S/C18H16N2O/c19-18(21)20(13-14-7-2-1-3-8-14)17-12-6-10-15-9-4-5-11-16(15)17/h1-12H,13H2,(H2,19,21). The van der Waals surface area contributed by atoms with Crippen LogP contribution in [0.25, 0.3) is 10.8 Å². The van der Waals surface area contributed by atoms with Crippen LogP contribution in [-0.4, -0.2) is 6.03 Å². The number of amides is 2. The second-order valence-corrected chi connectivity index (χ2v) is 4.91. The van der Waals surface area contributed by atoms with Gasteiger partial charge in [0.1, 0.15) is 0 Å². The van der Waals surface area contributed by atoms with E-state index < -0.39 is 6.03 Å². The summed E-state index contributed by atoms with van der Waals surface area (Å²) in [6.45, 7) is 0.462. The number of carbonyl (C=O) groups excluding carboxylic acids is 1. The van der Waals surface area contributed by atoms with E-state index in [2.05, 4.69) is 0 Å². The molecule has 3 aromatic rings. The van der Waals surface area contributed by atoms with Gasteiger partial charge in [0.2, 0.25) is 0 Å². The molecule has 21 heavy (non-hydrogen) atoms. The van der Waals surface area contributed by atoms with Gasteiger partial charge in [-0.25, -0.2) is 4.79 Å². The van der Waals surface area contributed by atoms with E-state index in [4.69, 9.17) is 5.73 Å². The Balaban J connectivity index is 2.06. The maximum atomic E-state index is 11.9. The molecule has 0 aromatic heterocycles. The molecule has 0 aliphatic heterocycles. The molecule has 0 spiro atoms. The number of carbonyl (C=O) groups is 1. The monoisotopic (exact) mass is 276 g/mol. The Bertz CT molecular complexity index is 763. The summed E-state index contributed by atoms with van der Waals surface area (Å²) < 4.78 is 0. The third-order valence-corrected chi connectivity index (χ3v) is 3.51. The normalized spacial score (nSPS) is 10.5. The SMILES string of the molecule is NC(=O)N(Cc1ccccc1)c1cccc2ccccc12. The smallest absolute Gasteiger partial charge is 0.319 e.